The van der Waals surface area contributed by atoms with Crippen LogP contribution in [0.5, 0.6) is 5.75 Å². The van der Waals surface area contributed by atoms with Crippen LogP contribution in [-0.2, 0) is 4.79 Å². The molecule has 0 spiro atoms. The van der Waals surface area contributed by atoms with Crippen LogP contribution in [0.1, 0.15) is 5.56 Å². The maximum atomic E-state index is 11.6. The Kier molecular flexibility index (Phi) is 4.63. The third-order valence-corrected chi connectivity index (χ3v) is 3.65. The van der Waals surface area contributed by atoms with Crippen molar-refractivity contribution in [2.24, 2.45) is 0 Å². The van der Waals surface area contributed by atoms with Gasteiger partial charge < -0.3 is 10.1 Å². The van der Waals surface area contributed by atoms with Gasteiger partial charge in [-0.15, -0.1) is 0 Å². The summed E-state index contributed by atoms with van der Waals surface area (Å²) in [7, 11) is 0. The highest BCUT2D eigenvalue weighted by molar-refractivity contribution is 8.26. The highest BCUT2D eigenvalue weighted by atomic mass is 35.5. The first-order valence-corrected chi connectivity index (χ1v) is 6.98. The SMILES string of the molecule is C=CCOc1ccc(Cl)cc1C=C1SC(=S)NC1=O. The van der Waals surface area contributed by atoms with E-state index in [0.717, 1.165) is 5.56 Å². The first-order chi connectivity index (χ1) is 9.10. The van der Waals surface area contributed by atoms with Crippen LogP contribution in [-0.4, -0.2) is 16.8 Å². The molecule has 0 unspecified atom stereocenters. The van der Waals surface area contributed by atoms with E-state index in [-0.39, 0.29) is 5.91 Å². The Bertz CT molecular complexity index is 584. The Morgan fingerprint density at radius 3 is 2.95 bits per heavy atom. The van der Waals surface area contributed by atoms with E-state index < -0.39 is 0 Å². The van der Waals surface area contributed by atoms with Crippen molar-refractivity contribution >= 4 is 51.9 Å². The van der Waals surface area contributed by atoms with Gasteiger partial charge in [0.25, 0.3) is 5.91 Å². The van der Waals surface area contributed by atoms with Crippen molar-refractivity contribution in [3.8, 4) is 5.75 Å². The summed E-state index contributed by atoms with van der Waals surface area (Å²) >= 11 is 12.1. The van der Waals surface area contributed by atoms with Crippen molar-refractivity contribution in [3.63, 3.8) is 0 Å². The maximum absolute atomic E-state index is 11.6. The first-order valence-electron chi connectivity index (χ1n) is 5.38. The molecule has 1 aromatic carbocycles. The molecule has 19 heavy (non-hydrogen) atoms. The number of benzene rings is 1. The molecule has 0 aromatic heterocycles. The first kappa shape index (κ1) is 14.1. The molecule has 3 nitrogen and oxygen atoms in total. The molecule has 2 rings (SSSR count). The molecule has 6 heteroatoms. The fourth-order valence-electron chi connectivity index (χ4n) is 1.47. The third-order valence-electron chi connectivity index (χ3n) is 2.26. The number of rotatable bonds is 4. The van der Waals surface area contributed by atoms with E-state index >= 15 is 0 Å². The maximum Gasteiger partial charge on any atom is 0.263 e. The fraction of sp³-hybridized carbons (Fsp3) is 0.0769. The molecule has 1 aliphatic rings. The Balaban J connectivity index is 2.35. The molecule has 0 atom stereocenters. The summed E-state index contributed by atoms with van der Waals surface area (Å²) < 4.78 is 5.97. The second-order valence-electron chi connectivity index (χ2n) is 3.63. The molecule has 1 N–H and O–H groups in total. The molecule has 0 bridgehead atoms. The number of carbonyl (C=O) groups is 1. The largest absolute Gasteiger partial charge is 0.489 e. The van der Waals surface area contributed by atoms with E-state index in [2.05, 4.69) is 11.9 Å². The minimum atomic E-state index is -0.204. The minimum Gasteiger partial charge on any atom is -0.489 e. The lowest BCUT2D eigenvalue weighted by Crippen LogP contribution is -2.17. The van der Waals surface area contributed by atoms with Gasteiger partial charge >= 0.3 is 0 Å². The standard InChI is InChI=1S/C13H10ClNO2S2/c1-2-5-17-10-4-3-9(14)6-8(10)7-11-12(16)15-13(18)19-11/h2-4,6-7H,1,5H2,(H,15,16,18). The number of amides is 1. The second-order valence-corrected chi connectivity index (χ2v) is 5.79. The van der Waals surface area contributed by atoms with Gasteiger partial charge in [0, 0.05) is 10.6 Å². The van der Waals surface area contributed by atoms with Gasteiger partial charge in [-0.05, 0) is 24.3 Å². The molecule has 1 aromatic rings. The smallest absolute Gasteiger partial charge is 0.263 e. The Morgan fingerprint density at radius 1 is 1.53 bits per heavy atom. The van der Waals surface area contributed by atoms with Gasteiger partial charge in [-0.25, -0.2) is 0 Å². The normalized spacial score (nSPS) is 16.6. The molecule has 0 saturated carbocycles. The van der Waals surface area contributed by atoms with Crippen LogP contribution in [0.3, 0.4) is 0 Å². The lowest BCUT2D eigenvalue weighted by Gasteiger charge is -2.08. The number of hydrogen-bond acceptors (Lipinski definition) is 4. The van der Waals surface area contributed by atoms with Crippen molar-refractivity contribution in [1.82, 2.24) is 5.32 Å². The number of ether oxygens (including phenoxy) is 1. The predicted octanol–water partition coefficient (Wildman–Crippen LogP) is 3.39. The molecule has 1 amide bonds. The highest BCUT2D eigenvalue weighted by Crippen LogP contribution is 2.30. The van der Waals surface area contributed by atoms with Gasteiger partial charge in [0.05, 0.1) is 4.91 Å². The second kappa shape index (κ2) is 6.23. The van der Waals surface area contributed by atoms with Crippen LogP contribution < -0.4 is 10.1 Å². The van der Waals surface area contributed by atoms with Crippen LogP contribution in [0.2, 0.25) is 5.02 Å². The summed E-state index contributed by atoms with van der Waals surface area (Å²) in [5.74, 6) is 0.438. The summed E-state index contributed by atoms with van der Waals surface area (Å²) in [5, 5.41) is 3.13. The summed E-state index contributed by atoms with van der Waals surface area (Å²) in [6.45, 7) is 3.98. The summed E-state index contributed by atoms with van der Waals surface area (Å²) in [6, 6.07) is 5.23. The van der Waals surface area contributed by atoms with Gasteiger partial charge in [0.15, 0.2) is 0 Å². The van der Waals surface area contributed by atoms with Gasteiger partial charge in [-0.1, -0.05) is 48.2 Å². The zero-order valence-electron chi connectivity index (χ0n) is 9.81. The van der Waals surface area contributed by atoms with Crippen LogP contribution in [0.15, 0.2) is 35.8 Å². The van der Waals surface area contributed by atoms with Crippen LogP contribution >= 0.6 is 35.6 Å². The number of carbonyl (C=O) groups excluding carboxylic acids is 1. The number of thioether (sulfide) groups is 1. The molecule has 1 fully saturated rings. The van der Waals surface area contributed by atoms with E-state index in [9.17, 15) is 4.79 Å². The van der Waals surface area contributed by atoms with Crippen molar-refractivity contribution < 1.29 is 9.53 Å². The van der Waals surface area contributed by atoms with E-state index in [1.54, 1.807) is 30.4 Å². The lowest BCUT2D eigenvalue weighted by atomic mass is 10.2. The summed E-state index contributed by atoms with van der Waals surface area (Å²) in [4.78, 5) is 12.1. The minimum absolute atomic E-state index is 0.204. The third kappa shape index (κ3) is 3.59. The van der Waals surface area contributed by atoms with E-state index in [0.29, 0.717) is 26.6 Å². The molecule has 1 aliphatic heterocycles. The van der Waals surface area contributed by atoms with Crippen LogP contribution in [0.25, 0.3) is 6.08 Å². The topological polar surface area (TPSA) is 38.3 Å². The van der Waals surface area contributed by atoms with E-state index in [4.69, 9.17) is 28.6 Å². The predicted molar refractivity (Wildman–Crippen MR) is 83.5 cm³/mol. The van der Waals surface area contributed by atoms with Gasteiger partial charge in [0.1, 0.15) is 16.7 Å². The highest BCUT2D eigenvalue weighted by Gasteiger charge is 2.22. The molecule has 98 valence electrons. The van der Waals surface area contributed by atoms with Crippen molar-refractivity contribution in [3.05, 3.63) is 46.3 Å². The Morgan fingerprint density at radius 2 is 2.32 bits per heavy atom. The van der Waals surface area contributed by atoms with Crippen molar-refractivity contribution in [1.29, 1.82) is 0 Å². The van der Waals surface area contributed by atoms with Gasteiger partial charge in [-0.2, -0.15) is 0 Å². The Hall–Kier alpha value is -1.30. The van der Waals surface area contributed by atoms with Gasteiger partial charge in [0.2, 0.25) is 0 Å². The number of hydrogen-bond donors (Lipinski definition) is 1. The molecule has 0 radical (unpaired) electrons. The van der Waals surface area contributed by atoms with Crippen LogP contribution in [0.4, 0.5) is 0 Å². The van der Waals surface area contributed by atoms with E-state index in [1.807, 2.05) is 0 Å². The quantitative estimate of drug-likeness (QED) is 0.525. The molecule has 0 aliphatic carbocycles. The molecule has 1 heterocycles. The number of nitrogens with one attached hydrogen (secondary N) is 1. The summed E-state index contributed by atoms with van der Waals surface area (Å²) in [5.41, 5.74) is 0.733. The average Bonchev–Trinajstić information content (AvgIpc) is 2.67. The van der Waals surface area contributed by atoms with Gasteiger partial charge in [-0.3, -0.25) is 4.79 Å². The zero-order chi connectivity index (χ0) is 13.8. The molecular weight excluding hydrogens is 302 g/mol. The monoisotopic (exact) mass is 311 g/mol. The van der Waals surface area contributed by atoms with E-state index in [1.165, 1.54) is 11.8 Å². The number of halogens is 1. The summed E-state index contributed by atoms with van der Waals surface area (Å²) in [6.07, 6.45) is 3.36. The average molecular weight is 312 g/mol. The van der Waals surface area contributed by atoms with Crippen LogP contribution in [0, 0.1) is 0 Å². The number of thiocarbonyl (C=S) groups is 1. The fourth-order valence-corrected chi connectivity index (χ4v) is 2.69. The van der Waals surface area contributed by atoms with Crippen molar-refractivity contribution in [2.75, 3.05) is 6.61 Å². The zero-order valence-corrected chi connectivity index (χ0v) is 12.2. The van der Waals surface area contributed by atoms with Crippen molar-refractivity contribution in [2.45, 2.75) is 0 Å². The lowest BCUT2D eigenvalue weighted by molar-refractivity contribution is -0.115. The molecular formula is C13H10ClNO2S2. The Labute approximate surface area is 125 Å². The molecule has 1 saturated heterocycles.